The second kappa shape index (κ2) is 64.4. The van der Waals surface area contributed by atoms with Crippen LogP contribution in [0.15, 0.2) is 24.3 Å². The van der Waals surface area contributed by atoms with Crippen molar-refractivity contribution < 1.29 is 28.6 Å². The summed E-state index contributed by atoms with van der Waals surface area (Å²) in [5, 5.41) is 0. The molecule has 0 aliphatic heterocycles. The molecule has 0 aromatic carbocycles. The average Bonchev–Trinajstić information content (AvgIpc) is 3.41. The lowest BCUT2D eigenvalue weighted by atomic mass is 10.0. The number of ether oxygens (including phenoxy) is 3. The van der Waals surface area contributed by atoms with Gasteiger partial charge in [0.05, 0.1) is 0 Å². The summed E-state index contributed by atoms with van der Waals surface area (Å²) < 4.78 is 17.0. The molecule has 0 N–H and O–H groups in total. The van der Waals surface area contributed by atoms with Crippen molar-refractivity contribution in [3.05, 3.63) is 24.3 Å². The van der Waals surface area contributed by atoms with Crippen LogP contribution in [-0.4, -0.2) is 37.2 Å². The molecule has 0 aliphatic rings. The van der Waals surface area contributed by atoms with E-state index in [1.165, 1.54) is 283 Å². The first kappa shape index (κ1) is 72.9. The van der Waals surface area contributed by atoms with Gasteiger partial charge in [-0.25, -0.2) is 0 Å². The Morgan fingerprint density at radius 1 is 0.253 bits per heavy atom. The molecule has 6 heteroatoms. The van der Waals surface area contributed by atoms with E-state index in [9.17, 15) is 14.4 Å². The van der Waals surface area contributed by atoms with Gasteiger partial charge in [0, 0.05) is 19.3 Å². The summed E-state index contributed by atoms with van der Waals surface area (Å²) >= 11 is 0. The van der Waals surface area contributed by atoms with Crippen molar-refractivity contribution in [2.24, 2.45) is 0 Å². The Morgan fingerprint density at radius 3 is 0.680 bits per heavy atom. The molecule has 0 rings (SSSR count). The number of esters is 3. The predicted octanol–water partition coefficient (Wildman–Crippen LogP) is 23.0. The van der Waals surface area contributed by atoms with E-state index in [0.717, 1.165) is 57.8 Å². The Labute approximate surface area is 468 Å². The van der Waals surface area contributed by atoms with E-state index in [1.807, 2.05) is 0 Å². The van der Waals surface area contributed by atoms with Gasteiger partial charge in [0.1, 0.15) is 13.2 Å². The minimum atomic E-state index is -0.771. The first-order chi connectivity index (χ1) is 37.0. The van der Waals surface area contributed by atoms with Crippen LogP contribution in [0.4, 0.5) is 0 Å². The van der Waals surface area contributed by atoms with Crippen LogP contribution in [0.25, 0.3) is 0 Å². The number of hydrogen-bond acceptors (Lipinski definition) is 6. The Morgan fingerprint density at radius 2 is 0.440 bits per heavy atom. The Bertz CT molecular complexity index is 1210. The lowest BCUT2D eigenvalue weighted by Crippen LogP contribution is -2.30. The van der Waals surface area contributed by atoms with Crippen molar-refractivity contribution in [1.82, 2.24) is 0 Å². The van der Waals surface area contributed by atoms with Gasteiger partial charge in [-0.2, -0.15) is 0 Å². The van der Waals surface area contributed by atoms with Crippen molar-refractivity contribution in [3.63, 3.8) is 0 Å². The quantitative estimate of drug-likeness (QED) is 0.0261. The fraction of sp³-hybridized carbons (Fsp3) is 0.899. The molecular weight excluding hydrogens is 925 g/mol. The normalized spacial score (nSPS) is 12.1. The van der Waals surface area contributed by atoms with Crippen molar-refractivity contribution in [2.75, 3.05) is 13.2 Å². The molecule has 0 saturated carbocycles. The largest absolute Gasteiger partial charge is 0.462 e. The highest BCUT2D eigenvalue weighted by Crippen LogP contribution is 2.18. The average molecular weight is 1060 g/mol. The molecule has 0 amide bonds. The molecular formula is C69H130O6. The Hall–Kier alpha value is -2.11. The fourth-order valence-corrected chi connectivity index (χ4v) is 10.3. The predicted molar refractivity (Wildman–Crippen MR) is 326 cm³/mol. The van der Waals surface area contributed by atoms with Crippen LogP contribution in [0.3, 0.4) is 0 Å². The summed E-state index contributed by atoms with van der Waals surface area (Å²) in [7, 11) is 0. The Kier molecular flexibility index (Phi) is 62.6. The van der Waals surface area contributed by atoms with Crippen LogP contribution < -0.4 is 0 Å². The maximum Gasteiger partial charge on any atom is 0.306 e. The second-order valence-corrected chi connectivity index (χ2v) is 23.1. The molecule has 0 radical (unpaired) electrons. The molecule has 1 atom stereocenters. The van der Waals surface area contributed by atoms with Crippen LogP contribution in [0, 0.1) is 0 Å². The highest BCUT2D eigenvalue weighted by molar-refractivity contribution is 5.71. The molecule has 0 aromatic heterocycles. The molecule has 6 nitrogen and oxygen atoms in total. The topological polar surface area (TPSA) is 78.9 Å². The van der Waals surface area contributed by atoms with Gasteiger partial charge in [-0.15, -0.1) is 0 Å². The zero-order chi connectivity index (χ0) is 54.3. The zero-order valence-corrected chi connectivity index (χ0v) is 50.8. The van der Waals surface area contributed by atoms with Gasteiger partial charge in [0.25, 0.3) is 0 Å². The highest BCUT2D eigenvalue weighted by Gasteiger charge is 2.19. The zero-order valence-electron chi connectivity index (χ0n) is 50.8. The standard InChI is InChI=1S/C69H130O6/c1-4-7-10-13-16-19-22-25-28-30-32-34-36-38-41-43-46-49-52-55-58-61-67(70)73-64-66(75-69(72)63-60-57-54-51-48-45-40-27-24-21-18-15-12-9-6-3)65-74-68(71)62-59-56-53-50-47-44-42-39-37-35-33-31-29-26-23-20-17-14-11-8-5-2/h21,24-25,28,66H,4-20,22-23,26-27,29-65H2,1-3H3/b24-21-,28-25-/t66-/m1/s1. The maximum absolute atomic E-state index is 12.9. The van der Waals surface area contributed by atoms with E-state index in [4.69, 9.17) is 14.2 Å². The van der Waals surface area contributed by atoms with Gasteiger partial charge < -0.3 is 14.2 Å². The van der Waals surface area contributed by atoms with Crippen LogP contribution in [0.5, 0.6) is 0 Å². The minimum absolute atomic E-state index is 0.0676. The van der Waals surface area contributed by atoms with Gasteiger partial charge in [-0.05, 0) is 70.6 Å². The number of hydrogen-bond donors (Lipinski definition) is 0. The van der Waals surface area contributed by atoms with E-state index in [0.29, 0.717) is 19.3 Å². The molecule has 0 heterocycles. The van der Waals surface area contributed by atoms with Gasteiger partial charge in [-0.3, -0.25) is 14.4 Å². The van der Waals surface area contributed by atoms with Crippen molar-refractivity contribution in [1.29, 1.82) is 0 Å². The van der Waals surface area contributed by atoms with Crippen LogP contribution in [-0.2, 0) is 28.6 Å². The van der Waals surface area contributed by atoms with Gasteiger partial charge in [-0.1, -0.05) is 315 Å². The number of unbranched alkanes of at least 4 members (excludes halogenated alkanes) is 48. The first-order valence-electron chi connectivity index (χ1n) is 33.8. The number of carbonyl (C=O) groups is 3. The van der Waals surface area contributed by atoms with Crippen molar-refractivity contribution >= 4 is 17.9 Å². The summed E-state index contributed by atoms with van der Waals surface area (Å²) in [6, 6.07) is 0. The summed E-state index contributed by atoms with van der Waals surface area (Å²) in [6.07, 6.45) is 77.6. The SMILES string of the molecule is CCCCCC/C=C\CCCCCCCCCC(=O)O[C@H](COC(=O)CCCCCCCCCCCCC/C=C\CCCCCCCC)COC(=O)CCCCCCCCCCCCCCCCCCCCCCC. The van der Waals surface area contributed by atoms with Gasteiger partial charge in [0.2, 0.25) is 0 Å². The molecule has 75 heavy (non-hydrogen) atoms. The summed E-state index contributed by atoms with van der Waals surface area (Å²) in [6.45, 7) is 6.70. The summed E-state index contributed by atoms with van der Waals surface area (Å²) in [5.74, 6) is -0.843. The third-order valence-corrected chi connectivity index (χ3v) is 15.4. The molecule has 0 fully saturated rings. The number of allylic oxidation sites excluding steroid dienone is 4. The van der Waals surface area contributed by atoms with Crippen molar-refractivity contribution in [2.45, 2.75) is 386 Å². The molecule has 0 bridgehead atoms. The van der Waals surface area contributed by atoms with Crippen molar-refractivity contribution in [3.8, 4) is 0 Å². The summed E-state index contributed by atoms with van der Waals surface area (Å²) in [4.78, 5) is 38.4. The smallest absolute Gasteiger partial charge is 0.306 e. The third kappa shape index (κ3) is 62.6. The molecule has 0 aliphatic carbocycles. The second-order valence-electron chi connectivity index (χ2n) is 23.1. The van der Waals surface area contributed by atoms with Crippen LogP contribution >= 0.6 is 0 Å². The lowest BCUT2D eigenvalue weighted by molar-refractivity contribution is -0.167. The highest BCUT2D eigenvalue weighted by atomic mass is 16.6. The third-order valence-electron chi connectivity index (χ3n) is 15.4. The van der Waals surface area contributed by atoms with Gasteiger partial charge in [0.15, 0.2) is 6.10 Å². The van der Waals surface area contributed by atoms with Crippen LogP contribution in [0.2, 0.25) is 0 Å². The first-order valence-corrected chi connectivity index (χ1v) is 33.8. The Balaban J connectivity index is 4.27. The van der Waals surface area contributed by atoms with E-state index in [2.05, 4.69) is 45.1 Å². The van der Waals surface area contributed by atoms with Crippen LogP contribution in [0.1, 0.15) is 380 Å². The molecule has 0 unspecified atom stereocenters. The molecule has 0 saturated heterocycles. The maximum atomic E-state index is 12.9. The summed E-state index contributed by atoms with van der Waals surface area (Å²) in [5.41, 5.74) is 0. The van der Waals surface area contributed by atoms with E-state index in [1.54, 1.807) is 0 Å². The van der Waals surface area contributed by atoms with E-state index < -0.39 is 6.10 Å². The molecule has 0 aromatic rings. The number of carbonyl (C=O) groups excluding carboxylic acids is 3. The monoisotopic (exact) mass is 1050 g/mol. The lowest BCUT2D eigenvalue weighted by Gasteiger charge is -2.18. The van der Waals surface area contributed by atoms with Gasteiger partial charge >= 0.3 is 17.9 Å². The van der Waals surface area contributed by atoms with E-state index >= 15 is 0 Å². The molecule has 0 spiro atoms. The van der Waals surface area contributed by atoms with E-state index in [-0.39, 0.29) is 31.1 Å². The fourth-order valence-electron chi connectivity index (χ4n) is 10.3. The molecule has 442 valence electrons. The minimum Gasteiger partial charge on any atom is -0.462 e. The number of rotatable bonds is 63.